The van der Waals surface area contributed by atoms with Crippen LogP contribution in [0.15, 0.2) is 0 Å². The van der Waals surface area contributed by atoms with E-state index in [1.54, 1.807) is 11.8 Å². The number of amides is 1. The van der Waals surface area contributed by atoms with E-state index in [2.05, 4.69) is 4.72 Å². The van der Waals surface area contributed by atoms with E-state index in [9.17, 15) is 13.2 Å². The van der Waals surface area contributed by atoms with Crippen LogP contribution in [0.5, 0.6) is 0 Å². The molecule has 7 heteroatoms. The van der Waals surface area contributed by atoms with Gasteiger partial charge in [-0.3, -0.25) is 4.79 Å². The molecule has 0 aliphatic carbocycles. The molecule has 106 valence electrons. The van der Waals surface area contributed by atoms with Crippen molar-refractivity contribution in [2.45, 2.75) is 44.4 Å². The molecule has 1 aliphatic heterocycles. The minimum Gasteiger partial charge on any atom is -0.341 e. The Bertz CT molecular complexity index is 377. The molecule has 1 saturated heterocycles. The van der Waals surface area contributed by atoms with Gasteiger partial charge in [-0.2, -0.15) is 0 Å². The molecule has 1 fully saturated rings. The third kappa shape index (κ3) is 3.93. The van der Waals surface area contributed by atoms with Crippen LogP contribution in [0.1, 0.15) is 33.1 Å². The van der Waals surface area contributed by atoms with E-state index in [0.29, 0.717) is 0 Å². The summed E-state index contributed by atoms with van der Waals surface area (Å²) in [6, 6.07) is -0.720. The predicted octanol–water partition coefficient (Wildman–Crippen LogP) is -0.346. The van der Waals surface area contributed by atoms with Crippen LogP contribution in [0.3, 0.4) is 0 Å². The number of likely N-dealkylation sites (tertiary alicyclic amines) is 1. The van der Waals surface area contributed by atoms with Gasteiger partial charge in [0.05, 0.1) is 11.3 Å². The molecule has 0 saturated carbocycles. The first kappa shape index (κ1) is 15.4. The maximum Gasteiger partial charge on any atom is 0.240 e. The number of carbonyl (C=O) groups is 1. The van der Waals surface area contributed by atoms with Gasteiger partial charge in [-0.05, 0) is 33.1 Å². The van der Waals surface area contributed by atoms with E-state index in [4.69, 9.17) is 5.73 Å². The highest BCUT2D eigenvalue weighted by atomic mass is 32.2. The van der Waals surface area contributed by atoms with Gasteiger partial charge in [-0.25, -0.2) is 13.1 Å². The summed E-state index contributed by atoms with van der Waals surface area (Å²) in [4.78, 5) is 13.8. The highest BCUT2D eigenvalue weighted by Gasteiger charge is 2.28. The summed E-state index contributed by atoms with van der Waals surface area (Å²) in [5, 5.41) is -0.686. The topological polar surface area (TPSA) is 92.5 Å². The van der Waals surface area contributed by atoms with Crippen molar-refractivity contribution in [3.05, 3.63) is 0 Å². The van der Waals surface area contributed by atoms with Crippen LogP contribution in [0, 0.1) is 0 Å². The molecular formula is C11H23N3O3S. The molecule has 6 nitrogen and oxygen atoms in total. The lowest BCUT2D eigenvalue weighted by Crippen LogP contribution is -2.50. The third-order valence-corrected chi connectivity index (χ3v) is 5.17. The Labute approximate surface area is 109 Å². The second-order valence-corrected chi connectivity index (χ2v) is 6.95. The fraction of sp³-hybridized carbons (Fsp3) is 0.909. The molecule has 1 rings (SSSR count). The Morgan fingerprint density at radius 3 is 2.33 bits per heavy atom. The zero-order valence-corrected chi connectivity index (χ0v) is 11.9. The smallest absolute Gasteiger partial charge is 0.240 e. The summed E-state index contributed by atoms with van der Waals surface area (Å²) in [5.74, 6) is -0.150. The number of hydrogen-bond acceptors (Lipinski definition) is 4. The van der Waals surface area contributed by atoms with E-state index in [-0.39, 0.29) is 12.5 Å². The van der Waals surface area contributed by atoms with Gasteiger partial charge in [0.15, 0.2) is 0 Å². The van der Waals surface area contributed by atoms with Gasteiger partial charge >= 0.3 is 0 Å². The van der Waals surface area contributed by atoms with Crippen molar-refractivity contribution in [1.29, 1.82) is 0 Å². The quantitative estimate of drug-likeness (QED) is 0.718. The van der Waals surface area contributed by atoms with Crippen molar-refractivity contribution in [2.75, 3.05) is 19.6 Å². The maximum absolute atomic E-state index is 12.1. The molecular weight excluding hydrogens is 254 g/mol. The van der Waals surface area contributed by atoms with Crippen molar-refractivity contribution in [2.24, 2.45) is 5.73 Å². The number of rotatable bonds is 5. The number of nitrogens with zero attached hydrogens (tertiary/aromatic N) is 1. The van der Waals surface area contributed by atoms with Crippen molar-refractivity contribution in [3.63, 3.8) is 0 Å². The van der Waals surface area contributed by atoms with Gasteiger partial charge in [0, 0.05) is 19.6 Å². The Morgan fingerprint density at radius 1 is 1.28 bits per heavy atom. The van der Waals surface area contributed by atoms with Crippen LogP contribution < -0.4 is 10.5 Å². The molecule has 2 atom stereocenters. The zero-order chi connectivity index (χ0) is 13.8. The predicted molar refractivity (Wildman–Crippen MR) is 70.5 cm³/mol. The molecule has 1 heterocycles. The number of nitrogens with one attached hydrogen (secondary N) is 1. The summed E-state index contributed by atoms with van der Waals surface area (Å²) in [7, 11) is -3.52. The van der Waals surface area contributed by atoms with Gasteiger partial charge < -0.3 is 10.6 Å². The van der Waals surface area contributed by atoms with Crippen molar-refractivity contribution < 1.29 is 13.2 Å². The molecule has 0 radical (unpaired) electrons. The first-order valence-corrected chi connectivity index (χ1v) is 7.93. The van der Waals surface area contributed by atoms with E-state index in [1.807, 2.05) is 0 Å². The molecule has 0 bridgehead atoms. The molecule has 18 heavy (non-hydrogen) atoms. The SMILES string of the molecule is CC(NS(=O)(=O)C(C)CN)C(=O)N1CCCCC1. The Morgan fingerprint density at radius 2 is 1.83 bits per heavy atom. The van der Waals surface area contributed by atoms with Crippen LogP contribution >= 0.6 is 0 Å². The number of piperidine rings is 1. The van der Waals surface area contributed by atoms with E-state index < -0.39 is 21.3 Å². The Kier molecular flexibility index (Phi) is 5.55. The first-order valence-electron chi connectivity index (χ1n) is 6.38. The van der Waals surface area contributed by atoms with E-state index >= 15 is 0 Å². The molecule has 3 N–H and O–H groups in total. The van der Waals surface area contributed by atoms with Crippen LogP contribution in [0.25, 0.3) is 0 Å². The maximum atomic E-state index is 12.1. The second-order valence-electron chi connectivity index (χ2n) is 4.82. The molecule has 2 unspecified atom stereocenters. The van der Waals surface area contributed by atoms with Gasteiger partial charge in [0.2, 0.25) is 15.9 Å². The van der Waals surface area contributed by atoms with Crippen LogP contribution in [0.4, 0.5) is 0 Å². The second kappa shape index (κ2) is 6.49. The first-order chi connectivity index (χ1) is 8.38. The van der Waals surface area contributed by atoms with Gasteiger partial charge in [0.25, 0.3) is 0 Å². The average molecular weight is 277 g/mol. The highest BCUT2D eigenvalue weighted by molar-refractivity contribution is 7.90. The van der Waals surface area contributed by atoms with Crippen molar-refractivity contribution >= 4 is 15.9 Å². The standard InChI is InChI=1S/C11H23N3O3S/c1-9(8-12)18(16,17)13-10(2)11(15)14-6-4-3-5-7-14/h9-10,13H,3-8,12H2,1-2H3. The average Bonchev–Trinajstić information content (AvgIpc) is 2.37. The molecule has 1 amide bonds. The monoisotopic (exact) mass is 277 g/mol. The minimum absolute atomic E-state index is 0.0416. The third-order valence-electron chi connectivity index (χ3n) is 3.24. The molecule has 0 aromatic heterocycles. The fourth-order valence-electron chi connectivity index (χ4n) is 1.93. The number of hydrogen-bond donors (Lipinski definition) is 2. The Hall–Kier alpha value is -0.660. The Balaban J connectivity index is 2.59. The van der Waals surface area contributed by atoms with Crippen molar-refractivity contribution in [1.82, 2.24) is 9.62 Å². The van der Waals surface area contributed by atoms with E-state index in [0.717, 1.165) is 32.4 Å². The summed E-state index contributed by atoms with van der Waals surface area (Å²) in [6.07, 6.45) is 3.11. The summed E-state index contributed by atoms with van der Waals surface area (Å²) in [6.45, 7) is 4.59. The lowest BCUT2D eigenvalue weighted by molar-refractivity contribution is -0.133. The van der Waals surface area contributed by atoms with Crippen molar-refractivity contribution in [3.8, 4) is 0 Å². The van der Waals surface area contributed by atoms with Gasteiger partial charge in [0.1, 0.15) is 0 Å². The van der Waals surface area contributed by atoms with Gasteiger partial charge in [-0.15, -0.1) is 0 Å². The number of nitrogens with two attached hydrogens (primary N) is 1. The van der Waals surface area contributed by atoms with Crippen LogP contribution in [-0.2, 0) is 14.8 Å². The lowest BCUT2D eigenvalue weighted by atomic mass is 10.1. The summed E-state index contributed by atoms with van der Waals surface area (Å²) < 4.78 is 26.0. The highest BCUT2D eigenvalue weighted by Crippen LogP contribution is 2.10. The normalized spacial score (nSPS) is 20.5. The molecule has 1 aliphatic rings. The number of carbonyl (C=O) groups excluding carboxylic acids is 1. The van der Waals surface area contributed by atoms with E-state index in [1.165, 1.54) is 6.92 Å². The lowest BCUT2D eigenvalue weighted by Gasteiger charge is -2.29. The minimum atomic E-state index is -3.52. The summed E-state index contributed by atoms with van der Waals surface area (Å²) >= 11 is 0. The van der Waals surface area contributed by atoms with Crippen LogP contribution in [-0.4, -0.2) is 50.2 Å². The zero-order valence-electron chi connectivity index (χ0n) is 11.1. The van der Waals surface area contributed by atoms with Gasteiger partial charge in [-0.1, -0.05) is 0 Å². The molecule has 0 aromatic rings. The molecule has 0 aromatic carbocycles. The van der Waals surface area contributed by atoms with Crippen LogP contribution in [0.2, 0.25) is 0 Å². The molecule has 0 spiro atoms. The largest absolute Gasteiger partial charge is 0.341 e. The summed E-state index contributed by atoms with van der Waals surface area (Å²) in [5.41, 5.74) is 5.34. The fourth-order valence-corrected chi connectivity index (χ4v) is 3.01. The number of sulfonamides is 1.